The molecule has 0 atom stereocenters. The lowest BCUT2D eigenvalue weighted by atomic mass is 9.84. The van der Waals surface area contributed by atoms with E-state index in [2.05, 4.69) is 26.3 Å². The molecule has 0 heterocycles. The van der Waals surface area contributed by atoms with Crippen LogP contribution in [0.25, 0.3) is 0 Å². The fourth-order valence-electron chi connectivity index (χ4n) is 1.68. The van der Waals surface area contributed by atoms with E-state index in [1.165, 1.54) is 0 Å². The highest BCUT2D eigenvalue weighted by atomic mass is 16.6. The van der Waals surface area contributed by atoms with E-state index in [1.807, 2.05) is 19.1 Å². The number of aryl methyl sites for hydroxylation is 1. The first kappa shape index (κ1) is 13.0. The second-order valence-electron chi connectivity index (χ2n) is 5.08. The highest BCUT2D eigenvalue weighted by molar-refractivity contribution is 5.46. The molecule has 0 bridgehead atoms. The van der Waals surface area contributed by atoms with E-state index in [1.54, 1.807) is 7.11 Å². The van der Waals surface area contributed by atoms with Crippen molar-refractivity contribution in [3.8, 4) is 5.75 Å². The van der Waals surface area contributed by atoms with E-state index in [9.17, 15) is 5.11 Å². The molecule has 1 aromatic rings. The number of benzene rings is 1. The minimum absolute atomic E-state index is 0.0576. The fourth-order valence-corrected chi connectivity index (χ4v) is 1.68. The number of hydroxylamine groups is 1. The molecular formula is C13H21NO2. The first-order chi connectivity index (χ1) is 7.36. The third kappa shape index (κ3) is 2.97. The monoisotopic (exact) mass is 223 g/mol. The Morgan fingerprint density at radius 1 is 1.31 bits per heavy atom. The minimum atomic E-state index is -0.0576. The second kappa shape index (κ2) is 4.85. The lowest BCUT2D eigenvalue weighted by Crippen LogP contribution is -2.15. The highest BCUT2D eigenvalue weighted by Crippen LogP contribution is 2.33. The first-order valence-electron chi connectivity index (χ1n) is 5.45. The van der Waals surface area contributed by atoms with Crippen LogP contribution in [-0.4, -0.2) is 12.2 Å². The second-order valence-corrected chi connectivity index (χ2v) is 5.08. The standard InChI is InChI=1S/C13H21NO2/c1-9-6-10(8-14-16-5)7-11(12(9)15)13(2,3)4/h6-7,14-15H,8H2,1-5H3. The molecule has 0 unspecified atom stereocenters. The van der Waals surface area contributed by atoms with Gasteiger partial charge in [-0.1, -0.05) is 32.9 Å². The zero-order valence-corrected chi connectivity index (χ0v) is 10.7. The van der Waals surface area contributed by atoms with Crippen molar-refractivity contribution >= 4 is 0 Å². The third-order valence-electron chi connectivity index (χ3n) is 2.59. The quantitative estimate of drug-likeness (QED) is 0.774. The maximum atomic E-state index is 10.0. The van der Waals surface area contributed by atoms with E-state index >= 15 is 0 Å². The van der Waals surface area contributed by atoms with Gasteiger partial charge in [-0.3, -0.25) is 0 Å². The molecule has 0 spiro atoms. The number of phenols is 1. The number of phenolic OH excluding ortho intramolecular Hbond substituents is 1. The van der Waals surface area contributed by atoms with Crippen LogP contribution in [0.3, 0.4) is 0 Å². The molecule has 1 aromatic carbocycles. The van der Waals surface area contributed by atoms with Gasteiger partial charge in [0.05, 0.1) is 7.11 Å². The van der Waals surface area contributed by atoms with E-state index in [0.29, 0.717) is 12.3 Å². The molecule has 0 radical (unpaired) electrons. The maximum Gasteiger partial charge on any atom is 0.122 e. The van der Waals surface area contributed by atoms with Crippen LogP contribution in [0.15, 0.2) is 12.1 Å². The Morgan fingerprint density at radius 3 is 2.44 bits per heavy atom. The summed E-state index contributed by atoms with van der Waals surface area (Å²) < 4.78 is 0. The van der Waals surface area contributed by atoms with Gasteiger partial charge in [-0.25, -0.2) is 0 Å². The van der Waals surface area contributed by atoms with Crippen LogP contribution in [-0.2, 0) is 16.8 Å². The van der Waals surface area contributed by atoms with Gasteiger partial charge in [0.2, 0.25) is 0 Å². The molecule has 0 saturated heterocycles. The van der Waals surface area contributed by atoms with Crippen molar-refractivity contribution in [2.75, 3.05) is 7.11 Å². The van der Waals surface area contributed by atoms with Crippen molar-refractivity contribution in [3.05, 3.63) is 28.8 Å². The molecule has 90 valence electrons. The summed E-state index contributed by atoms with van der Waals surface area (Å²) in [6, 6.07) is 3.99. The summed E-state index contributed by atoms with van der Waals surface area (Å²) in [5, 5.41) is 10.0. The SMILES string of the molecule is CONCc1cc(C)c(O)c(C(C)(C)C)c1. The molecule has 3 nitrogen and oxygen atoms in total. The van der Waals surface area contributed by atoms with Crippen molar-refractivity contribution in [1.29, 1.82) is 0 Å². The number of hydrogen-bond acceptors (Lipinski definition) is 3. The Hall–Kier alpha value is -1.06. The Kier molecular flexibility index (Phi) is 3.94. The number of nitrogens with one attached hydrogen (secondary N) is 1. The molecule has 0 aliphatic rings. The molecule has 0 aliphatic heterocycles. The number of aromatic hydroxyl groups is 1. The van der Waals surface area contributed by atoms with Crippen molar-refractivity contribution in [2.45, 2.75) is 39.7 Å². The normalized spacial score (nSPS) is 11.8. The average Bonchev–Trinajstić information content (AvgIpc) is 2.17. The van der Waals surface area contributed by atoms with Gasteiger partial charge in [0, 0.05) is 6.54 Å². The fraction of sp³-hybridized carbons (Fsp3) is 0.538. The number of hydrogen-bond donors (Lipinski definition) is 2. The van der Waals surface area contributed by atoms with Crippen LogP contribution in [0.5, 0.6) is 5.75 Å². The largest absolute Gasteiger partial charge is 0.507 e. The van der Waals surface area contributed by atoms with Gasteiger partial charge < -0.3 is 9.94 Å². The summed E-state index contributed by atoms with van der Waals surface area (Å²) in [6.07, 6.45) is 0. The van der Waals surface area contributed by atoms with Crippen LogP contribution in [0, 0.1) is 6.92 Å². The van der Waals surface area contributed by atoms with Crippen LogP contribution >= 0.6 is 0 Å². The number of rotatable bonds is 3. The summed E-state index contributed by atoms with van der Waals surface area (Å²) in [5.41, 5.74) is 5.74. The molecule has 0 aromatic heterocycles. The Balaban J connectivity index is 3.12. The third-order valence-corrected chi connectivity index (χ3v) is 2.59. The molecule has 0 fully saturated rings. The van der Waals surface area contributed by atoms with Crippen LogP contribution in [0.4, 0.5) is 0 Å². The van der Waals surface area contributed by atoms with Gasteiger partial charge >= 0.3 is 0 Å². The van der Waals surface area contributed by atoms with E-state index in [4.69, 9.17) is 4.84 Å². The van der Waals surface area contributed by atoms with Gasteiger partial charge in [-0.05, 0) is 29.0 Å². The van der Waals surface area contributed by atoms with Crippen LogP contribution in [0.1, 0.15) is 37.5 Å². The van der Waals surface area contributed by atoms with Crippen molar-refractivity contribution in [1.82, 2.24) is 5.48 Å². The molecule has 0 amide bonds. The van der Waals surface area contributed by atoms with Gasteiger partial charge in [-0.2, -0.15) is 5.48 Å². The minimum Gasteiger partial charge on any atom is -0.507 e. The molecule has 1 rings (SSSR count). The van der Waals surface area contributed by atoms with Gasteiger partial charge in [0.15, 0.2) is 0 Å². The zero-order chi connectivity index (χ0) is 12.3. The molecule has 16 heavy (non-hydrogen) atoms. The Morgan fingerprint density at radius 2 is 1.94 bits per heavy atom. The molecular weight excluding hydrogens is 202 g/mol. The van der Waals surface area contributed by atoms with Crippen LogP contribution < -0.4 is 5.48 Å². The van der Waals surface area contributed by atoms with E-state index in [0.717, 1.165) is 16.7 Å². The molecule has 2 N–H and O–H groups in total. The van der Waals surface area contributed by atoms with E-state index < -0.39 is 0 Å². The summed E-state index contributed by atoms with van der Waals surface area (Å²) in [7, 11) is 1.60. The Bertz CT molecular complexity index is 367. The lowest BCUT2D eigenvalue weighted by molar-refractivity contribution is 0.0866. The predicted octanol–water partition coefficient (Wildman–Crippen LogP) is 2.65. The van der Waals surface area contributed by atoms with Gasteiger partial charge in [-0.15, -0.1) is 0 Å². The molecule has 0 saturated carbocycles. The summed E-state index contributed by atoms with van der Waals surface area (Å²) in [6.45, 7) is 8.83. The smallest absolute Gasteiger partial charge is 0.122 e. The Labute approximate surface area is 97.4 Å². The van der Waals surface area contributed by atoms with Gasteiger partial charge in [0.1, 0.15) is 5.75 Å². The maximum absolute atomic E-state index is 10.0. The zero-order valence-electron chi connectivity index (χ0n) is 10.7. The first-order valence-corrected chi connectivity index (χ1v) is 5.45. The van der Waals surface area contributed by atoms with Gasteiger partial charge in [0.25, 0.3) is 0 Å². The molecule has 3 heteroatoms. The summed E-state index contributed by atoms with van der Waals surface area (Å²) >= 11 is 0. The molecule has 0 aliphatic carbocycles. The van der Waals surface area contributed by atoms with Crippen LogP contribution in [0.2, 0.25) is 0 Å². The van der Waals surface area contributed by atoms with E-state index in [-0.39, 0.29) is 5.41 Å². The average molecular weight is 223 g/mol. The summed E-state index contributed by atoms with van der Waals surface area (Å²) in [4.78, 5) is 4.83. The van der Waals surface area contributed by atoms with Crippen molar-refractivity contribution in [2.24, 2.45) is 0 Å². The summed E-state index contributed by atoms with van der Waals surface area (Å²) in [5.74, 6) is 0.397. The predicted molar refractivity (Wildman–Crippen MR) is 65.4 cm³/mol. The van der Waals surface area contributed by atoms with Crippen molar-refractivity contribution in [3.63, 3.8) is 0 Å². The highest BCUT2D eigenvalue weighted by Gasteiger charge is 2.19. The van der Waals surface area contributed by atoms with Crippen molar-refractivity contribution < 1.29 is 9.94 Å². The topological polar surface area (TPSA) is 41.5 Å². The lowest BCUT2D eigenvalue weighted by Gasteiger charge is -2.22.